The summed E-state index contributed by atoms with van der Waals surface area (Å²) in [4.78, 5) is 6.15. The van der Waals surface area contributed by atoms with Gasteiger partial charge in [-0.2, -0.15) is 5.26 Å². The van der Waals surface area contributed by atoms with Crippen LogP contribution >= 0.6 is 0 Å². The molecule has 3 heteroatoms. The summed E-state index contributed by atoms with van der Waals surface area (Å²) < 4.78 is 0. The van der Waals surface area contributed by atoms with Gasteiger partial charge in [0.2, 0.25) is 0 Å². The van der Waals surface area contributed by atoms with Gasteiger partial charge >= 0.3 is 0 Å². The van der Waals surface area contributed by atoms with Gasteiger partial charge in [0.15, 0.2) is 0 Å². The first-order valence-corrected chi connectivity index (χ1v) is 5.20. The molecule has 2 rings (SSSR count). The Morgan fingerprint density at radius 3 is 2.88 bits per heavy atom. The summed E-state index contributed by atoms with van der Waals surface area (Å²) in [5, 5.41) is 10.1. The van der Waals surface area contributed by atoms with Crippen LogP contribution in [0.2, 0.25) is 0 Å². The van der Waals surface area contributed by atoms with Gasteiger partial charge in [0, 0.05) is 18.6 Å². The van der Waals surface area contributed by atoms with Crippen molar-refractivity contribution in [2.45, 2.75) is 0 Å². The first-order chi connectivity index (χ1) is 8.27. The van der Waals surface area contributed by atoms with Crippen LogP contribution in [0.3, 0.4) is 0 Å². The van der Waals surface area contributed by atoms with E-state index in [0.29, 0.717) is 12.1 Å². The fourth-order valence-corrected chi connectivity index (χ4v) is 1.84. The molecule has 0 saturated carbocycles. The fourth-order valence-electron chi connectivity index (χ4n) is 1.84. The second-order valence-corrected chi connectivity index (χ2v) is 3.71. The van der Waals surface area contributed by atoms with Gasteiger partial charge in [-0.25, -0.2) is 0 Å². The number of aromatic nitrogens is 1. The van der Waals surface area contributed by atoms with Crippen molar-refractivity contribution < 1.29 is 0 Å². The maximum absolute atomic E-state index is 9.13. The molecule has 2 aromatic rings. The molecule has 1 aromatic carbocycles. The molecule has 0 atom stereocenters. The number of benzene rings is 1. The summed E-state index contributed by atoms with van der Waals surface area (Å²) in [5.41, 5.74) is 2.25. The van der Waals surface area contributed by atoms with Gasteiger partial charge in [0.05, 0.1) is 23.3 Å². The molecule has 0 aliphatic carbocycles. The molecule has 0 fully saturated rings. The second-order valence-electron chi connectivity index (χ2n) is 3.71. The summed E-state index contributed by atoms with van der Waals surface area (Å²) in [6, 6.07) is 9.88. The number of para-hydroxylation sites is 1. The zero-order valence-electron chi connectivity index (χ0n) is 9.51. The molecular weight excluding hydrogens is 210 g/mol. The minimum Gasteiger partial charge on any atom is -0.362 e. The minimum absolute atomic E-state index is 0.461. The molecule has 0 bridgehead atoms. The SMILES string of the molecule is C#CCN(C)c1c(C#N)cnc2ccccc12. The number of rotatable bonds is 2. The summed E-state index contributed by atoms with van der Waals surface area (Å²) in [6.07, 6.45) is 6.90. The summed E-state index contributed by atoms with van der Waals surface area (Å²) in [6.45, 7) is 0.461. The molecule has 17 heavy (non-hydrogen) atoms. The zero-order valence-corrected chi connectivity index (χ0v) is 9.51. The molecule has 0 unspecified atom stereocenters. The standard InChI is InChI=1S/C14H11N3/c1-3-8-17(2)14-11(9-15)10-16-13-7-5-4-6-12(13)14/h1,4-7,10H,8H2,2H3. The van der Waals surface area contributed by atoms with Crippen molar-refractivity contribution >= 4 is 16.6 Å². The molecule has 0 amide bonds. The van der Waals surface area contributed by atoms with E-state index in [1.165, 1.54) is 0 Å². The van der Waals surface area contributed by atoms with E-state index in [9.17, 15) is 0 Å². The number of fused-ring (bicyclic) bond motifs is 1. The lowest BCUT2D eigenvalue weighted by molar-refractivity contribution is 1.05. The number of pyridine rings is 1. The second kappa shape index (κ2) is 4.55. The van der Waals surface area contributed by atoms with E-state index in [0.717, 1.165) is 16.6 Å². The lowest BCUT2D eigenvalue weighted by Crippen LogP contribution is -2.18. The molecule has 0 radical (unpaired) electrons. The van der Waals surface area contributed by atoms with Gasteiger partial charge in [-0.05, 0) is 6.07 Å². The number of nitriles is 1. The summed E-state index contributed by atoms with van der Waals surface area (Å²) in [5.74, 6) is 2.58. The average Bonchev–Trinajstić information content (AvgIpc) is 2.37. The fraction of sp³-hybridized carbons (Fsp3) is 0.143. The quantitative estimate of drug-likeness (QED) is 0.730. The Morgan fingerprint density at radius 1 is 1.41 bits per heavy atom. The van der Waals surface area contributed by atoms with Crippen molar-refractivity contribution in [3.63, 3.8) is 0 Å². The normalized spacial score (nSPS) is 9.59. The van der Waals surface area contributed by atoms with Crippen LogP contribution in [0.5, 0.6) is 0 Å². The predicted molar refractivity (Wildman–Crippen MR) is 68.6 cm³/mol. The molecule has 3 nitrogen and oxygen atoms in total. The molecule has 0 N–H and O–H groups in total. The third-order valence-corrected chi connectivity index (χ3v) is 2.58. The number of anilines is 1. The van der Waals surface area contributed by atoms with Crippen LogP contribution in [0.25, 0.3) is 10.9 Å². The summed E-state index contributed by atoms with van der Waals surface area (Å²) >= 11 is 0. The van der Waals surface area contributed by atoms with Crippen molar-refractivity contribution in [3.8, 4) is 18.4 Å². The van der Waals surface area contributed by atoms with Crippen molar-refractivity contribution in [1.29, 1.82) is 5.26 Å². The van der Waals surface area contributed by atoms with Crippen LogP contribution in [0.1, 0.15) is 5.56 Å². The third kappa shape index (κ3) is 1.91. The predicted octanol–water partition coefficient (Wildman–Crippen LogP) is 2.18. The van der Waals surface area contributed by atoms with E-state index in [-0.39, 0.29) is 0 Å². The molecule has 0 saturated heterocycles. The first kappa shape index (κ1) is 11.0. The number of hydrogen-bond donors (Lipinski definition) is 0. The highest BCUT2D eigenvalue weighted by Crippen LogP contribution is 2.27. The molecule has 1 heterocycles. The number of nitrogens with zero attached hydrogens (tertiary/aromatic N) is 3. The Morgan fingerprint density at radius 2 is 2.18 bits per heavy atom. The van der Waals surface area contributed by atoms with Crippen LogP contribution in [0.15, 0.2) is 30.5 Å². The van der Waals surface area contributed by atoms with Crippen molar-refractivity contribution in [3.05, 3.63) is 36.0 Å². The smallest absolute Gasteiger partial charge is 0.103 e. The molecule has 1 aromatic heterocycles. The molecule has 0 aliphatic rings. The third-order valence-electron chi connectivity index (χ3n) is 2.58. The Bertz CT molecular complexity index is 632. The van der Waals surface area contributed by atoms with Crippen LogP contribution in [0.4, 0.5) is 5.69 Å². The Labute approximate surface area is 100 Å². The van der Waals surface area contributed by atoms with E-state index < -0.39 is 0 Å². The Kier molecular flexibility index (Phi) is 2.94. The topological polar surface area (TPSA) is 39.9 Å². The minimum atomic E-state index is 0.461. The highest BCUT2D eigenvalue weighted by atomic mass is 15.1. The maximum Gasteiger partial charge on any atom is 0.103 e. The van der Waals surface area contributed by atoms with E-state index in [2.05, 4.69) is 17.0 Å². The van der Waals surface area contributed by atoms with Crippen molar-refractivity contribution in [2.75, 3.05) is 18.5 Å². The lowest BCUT2D eigenvalue weighted by Gasteiger charge is -2.19. The molecule has 0 aliphatic heterocycles. The van der Waals surface area contributed by atoms with Gasteiger partial charge in [-0.15, -0.1) is 6.42 Å². The maximum atomic E-state index is 9.13. The van der Waals surface area contributed by atoms with Crippen molar-refractivity contribution in [2.24, 2.45) is 0 Å². The van der Waals surface area contributed by atoms with Gasteiger partial charge in [0.1, 0.15) is 6.07 Å². The Balaban J connectivity index is 2.73. The van der Waals surface area contributed by atoms with Crippen LogP contribution in [-0.2, 0) is 0 Å². The highest BCUT2D eigenvalue weighted by molar-refractivity contribution is 5.94. The first-order valence-electron chi connectivity index (χ1n) is 5.20. The average molecular weight is 221 g/mol. The van der Waals surface area contributed by atoms with E-state index in [4.69, 9.17) is 11.7 Å². The summed E-state index contributed by atoms with van der Waals surface area (Å²) in [7, 11) is 1.88. The van der Waals surface area contributed by atoms with Gasteiger partial charge in [-0.3, -0.25) is 4.98 Å². The van der Waals surface area contributed by atoms with E-state index in [1.54, 1.807) is 6.20 Å². The molecule has 82 valence electrons. The monoisotopic (exact) mass is 221 g/mol. The van der Waals surface area contributed by atoms with Crippen LogP contribution in [0, 0.1) is 23.7 Å². The van der Waals surface area contributed by atoms with Crippen molar-refractivity contribution in [1.82, 2.24) is 4.98 Å². The van der Waals surface area contributed by atoms with E-state index in [1.807, 2.05) is 36.2 Å². The highest BCUT2D eigenvalue weighted by Gasteiger charge is 2.11. The van der Waals surface area contributed by atoms with E-state index >= 15 is 0 Å². The molecular formula is C14H11N3. The largest absolute Gasteiger partial charge is 0.362 e. The van der Waals surface area contributed by atoms with Gasteiger partial charge in [0.25, 0.3) is 0 Å². The number of hydrogen-bond acceptors (Lipinski definition) is 3. The zero-order chi connectivity index (χ0) is 12.3. The van der Waals surface area contributed by atoms with Crippen LogP contribution < -0.4 is 4.90 Å². The Hall–Kier alpha value is -2.52. The van der Waals surface area contributed by atoms with Gasteiger partial charge < -0.3 is 4.90 Å². The van der Waals surface area contributed by atoms with Crippen LogP contribution in [-0.4, -0.2) is 18.6 Å². The lowest BCUT2D eigenvalue weighted by atomic mass is 10.1. The number of terminal acetylenes is 1. The molecule has 0 spiro atoms. The van der Waals surface area contributed by atoms with Gasteiger partial charge in [-0.1, -0.05) is 24.1 Å².